The van der Waals surface area contributed by atoms with Crippen LogP contribution in [0.4, 0.5) is 49.1 Å². The summed E-state index contributed by atoms with van der Waals surface area (Å²) in [5.41, 5.74) is 13.3. The molecule has 0 aliphatic carbocycles. The first kappa shape index (κ1) is 53.3. The zero-order chi connectivity index (χ0) is 51.6. The Balaban J connectivity index is 0.000000225. The van der Waals surface area contributed by atoms with Crippen molar-refractivity contribution in [1.82, 2.24) is 5.32 Å². The molecule has 0 spiro atoms. The van der Waals surface area contributed by atoms with Gasteiger partial charge in [-0.2, -0.15) is 26.3 Å². The quantitative estimate of drug-likeness (QED) is 0.0752. The number of rotatable bonds is 12. The number of anilines is 4. The van der Waals surface area contributed by atoms with E-state index in [1.54, 1.807) is 59.5 Å². The van der Waals surface area contributed by atoms with Crippen LogP contribution in [-0.2, 0) is 13.1 Å². The number of halogens is 6. The number of para-hydroxylation sites is 4. The summed E-state index contributed by atoms with van der Waals surface area (Å²) in [7, 11) is 3.03. The van der Waals surface area contributed by atoms with E-state index in [2.05, 4.69) is 33.0 Å². The molecule has 0 radical (unpaired) electrons. The molecular weight excluding hydrogens is 927 g/mol. The van der Waals surface area contributed by atoms with Gasteiger partial charge in [-0.3, -0.25) is 4.79 Å². The molecule has 71 heavy (non-hydrogen) atoms. The smallest absolute Gasteiger partial charge is 0.416 e. The summed E-state index contributed by atoms with van der Waals surface area (Å²) in [6, 6.07) is 42.6. The monoisotopic (exact) mass is 984 g/mol. The molecule has 6 aromatic rings. The lowest BCUT2D eigenvalue weighted by Gasteiger charge is -2.46. The molecule has 11 nitrogen and oxygen atoms in total. The van der Waals surface area contributed by atoms with E-state index >= 15 is 0 Å². The van der Waals surface area contributed by atoms with Gasteiger partial charge in [-0.15, -0.1) is 0 Å². The van der Waals surface area contributed by atoms with E-state index in [1.165, 1.54) is 31.1 Å². The van der Waals surface area contributed by atoms with E-state index in [-0.39, 0.29) is 11.5 Å². The molecule has 17 heteroatoms. The van der Waals surface area contributed by atoms with Gasteiger partial charge < -0.3 is 46.0 Å². The zero-order valence-corrected chi connectivity index (χ0v) is 39.7. The Bertz CT molecular complexity index is 2760. The Labute approximate surface area is 409 Å². The lowest BCUT2D eigenvalue weighted by atomic mass is 9.96. The Morgan fingerprint density at radius 2 is 0.958 bits per heavy atom. The van der Waals surface area contributed by atoms with E-state index in [9.17, 15) is 51.3 Å². The van der Waals surface area contributed by atoms with Gasteiger partial charge in [-0.05, 0) is 91.7 Å². The van der Waals surface area contributed by atoms with E-state index in [0.29, 0.717) is 54.2 Å². The number of nitrogens with one attached hydrogen (secondary N) is 1. The number of aliphatic hydroxyl groups excluding tert-OH is 2. The molecule has 376 valence electrons. The average Bonchev–Trinajstić information content (AvgIpc) is 3.35. The molecule has 0 saturated heterocycles. The number of β-amino-alcohol motifs (C(OH)–C–C–N with tert-alkyl or cyclic N) is 2. The molecule has 8 rings (SSSR count). The summed E-state index contributed by atoms with van der Waals surface area (Å²) < 4.78 is 80.1. The Hall–Kier alpha value is -7.08. The first-order chi connectivity index (χ1) is 33.8. The maximum atomic E-state index is 13.4. The van der Waals surface area contributed by atoms with Gasteiger partial charge >= 0.3 is 18.3 Å². The van der Waals surface area contributed by atoms with Crippen LogP contribution >= 0.6 is 0 Å². The second-order valence-electron chi connectivity index (χ2n) is 17.3. The van der Waals surface area contributed by atoms with E-state index in [0.717, 1.165) is 33.6 Å². The van der Waals surface area contributed by atoms with Crippen LogP contribution in [0.3, 0.4) is 0 Å². The van der Waals surface area contributed by atoms with Crippen molar-refractivity contribution in [3.05, 3.63) is 190 Å². The van der Waals surface area contributed by atoms with Crippen LogP contribution in [0.5, 0.6) is 0 Å². The Morgan fingerprint density at radius 1 is 0.577 bits per heavy atom. The van der Waals surface area contributed by atoms with Gasteiger partial charge in [0.25, 0.3) is 5.91 Å². The number of aromatic carboxylic acids is 1. The summed E-state index contributed by atoms with van der Waals surface area (Å²) in [5, 5.41) is 32.0. The molecule has 1 amide bonds. The number of carbonyl (C=O) groups is 2. The molecule has 6 N–H and O–H groups in total. The summed E-state index contributed by atoms with van der Waals surface area (Å²) in [4.78, 5) is 31.1. The Kier molecular flexibility index (Phi) is 17.4. The summed E-state index contributed by atoms with van der Waals surface area (Å²) in [6.45, 7) is 4.53. The number of carboxylic acid groups (broad SMARTS) is 1. The maximum absolute atomic E-state index is 13.4. The third kappa shape index (κ3) is 13.2. The molecule has 2 unspecified atom stereocenters. The number of aryl methyl sites for hydroxylation is 2. The van der Waals surface area contributed by atoms with Gasteiger partial charge in [-0.1, -0.05) is 108 Å². The van der Waals surface area contributed by atoms with Crippen molar-refractivity contribution in [2.75, 3.05) is 59.9 Å². The number of aliphatic hydroxyl groups is 2. The van der Waals surface area contributed by atoms with Gasteiger partial charge in [0.1, 0.15) is 0 Å². The van der Waals surface area contributed by atoms with Crippen LogP contribution in [-0.4, -0.2) is 92.0 Å². The van der Waals surface area contributed by atoms with Gasteiger partial charge in [0.15, 0.2) is 12.2 Å². The maximum Gasteiger partial charge on any atom is 0.416 e. The lowest BCUT2D eigenvalue weighted by molar-refractivity contribution is -0.200. The van der Waals surface area contributed by atoms with Crippen LogP contribution < -0.4 is 30.7 Å². The minimum Gasteiger partial charge on any atom is -0.478 e. The van der Waals surface area contributed by atoms with E-state index in [4.69, 9.17) is 0 Å². The highest BCUT2D eigenvalue weighted by Gasteiger charge is 2.44. The fourth-order valence-corrected chi connectivity index (χ4v) is 8.97. The second kappa shape index (κ2) is 23.2. The molecule has 6 aromatic carbocycles. The van der Waals surface area contributed by atoms with Gasteiger partial charge in [0.05, 0.1) is 53.5 Å². The van der Waals surface area contributed by atoms with Crippen molar-refractivity contribution in [3.8, 4) is 0 Å². The van der Waals surface area contributed by atoms with E-state index < -0.39 is 55.7 Å². The normalized spacial score (nSPS) is 16.3. The summed E-state index contributed by atoms with van der Waals surface area (Å²) in [5.74, 6) is -1.39. The first-order valence-electron chi connectivity index (χ1n) is 22.9. The van der Waals surface area contributed by atoms with Crippen molar-refractivity contribution in [2.24, 2.45) is 5.73 Å². The van der Waals surface area contributed by atoms with Gasteiger partial charge in [-0.25, -0.2) is 4.79 Å². The molecule has 2 aliphatic rings. The highest BCUT2D eigenvalue weighted by Crippen LogP contribution is 2.44. The van der Waals surface area contributed by atoms with Crippen molar-refractivity contribution >= 4 is 34.6 Å². The van der Waals surface area contributed by atoms with Gasteiger partial charge in [0, 0.05) is 38.8 Å². The van der Waals surface area contributed by atoms with Crippen molar-refractivity contribution in [3.63, 3.8) is 0 Å². The molecule has 0 bridgehead atoms. The minimum absolute atomic E-state index is 0.0536. The van der Waals surface area contributed by atoms with Crippen LogP contribution in [0, 0.1) is 13.8 Å². The van der Waals surface area contributed by atoms with Crippen LogP contribution in [0.15, 0.2) is 146 Å². The number of carbonyl (C=O) groups excluding carboxylic acids is 1. The fraction of sp³-hybridized carbons (Fsp3) is 0.296. The van der Waals surface area contributed by atoms with E-state index in [1.807, 2.05) is 80.6 Å². The molecule has 4 atom stereocenters. The third-order valence-electron chi connectivity index (χ3n) is 12.3. The summed E-state index contributed by atoms with van der Waals surface area (Å²) in [6.07, 6.45) is -14.6. The number of carboxylic acids is 1. The van der Waals surface area contributed by atoms with Gasteiger partial charge in [0.2, 0.25) is 0 Å². The average molecular weight is 985 g/mol. The number of benzene rings is 6. The van der Waals surface area contributed by atoms with Crippen molar-refractivity contribution in [1.29, 1.82) is 0 Å². The number of nitrogens with zero attached hydrogens (tertiary/aromatic N) is 4. The molecule has 0 fully saturated rings. The molecular formula is C54H58F6N6O5. The minimum atomic E-state index is -4.78. The Morgan fingerprint density at radius 3 is 1.34 bits per heavy atom. The predicted molar refractivity (Wildman–Crippen MR) is 265 cm³/mol. The standard InChI is InChI=1S/C27H28F3N3O2.C26H25F3N2O3.CH5N/c1-18-7-5-8-19(13-18)15-32-16-24(20-9-6-10-21(14-20)26(35)31-2)33(17-25(34)27(28,29)30)23-12-4-3-11-22(23)32;1-17-6-4-7-18(12-17)14-30-15-23(19-8-5-9-20(13-19)25(33)34)31(16-24(32)26(27,28)29)22-11-3-2-10-21(22)30;1-2/h3-14,24-25,34H,15-17H2,1-2H3,(H,31,35);2-13,23-24,32H,14-16H2,1H3,(H,33,34);2H2,1H3/t24?,25-;23?,24-;/m11./s1. The van der Waals surface area contributed by atoms with Crippen molar-refractivity contribution < 1.29 is 51.3 Å². The van der Waals surface area contributed by atoms with Crippen LogP contribution in [0.25, 0.3) is 0 Å². The third-order valence-corrected chi connectivity index (χ3v) is 12.3. The molecule has 2 heterocycles. The number of hydrogen-bond acceptors (Lipinski definition) is 9. The largest absolute Gasteiger partial charge is 0.478 e. The van der Waals surface area contributed by atoms with Crippen LogP contribution in [0.1, 0.15) is 66.2 Å². The molecule has 2 aliphatic heterocycles. The second-order valence-corrected chi connectivity index (χ2v) is 17.3. The zero-order valence-electron chi connectivity index (χ0n) is 39.7. The van der Waals surface area contributed by atoms with Crippen LogP contribution in [0.2, 0.25) is 0 Å². The number of fused-ring (bicyclic) bond motifs is 2. The number of nitrogens with two attached hydrogens (primary N) is 1. The number of amides is 1. The topological polar surface area (TPSA) is 146 Å². The molecule has 0 aromatic heterocycles. The number of alkyl halides is 6. The lowest BCUT2D eigenvalue weighted by Crippen LogP contribution is -2.49. The first-order valence-corrected chi connectivity index (χ1v) is 22.9. The highest BCUT2D eigenvalue weighted by atomic mass is 19.4. The highest BCUT2D eigenvalue weighted by molar-refractivity contribution is 5.94. The summed E-state index contributed by atoms with van der Waals surface area (Å²) >= 11 is 0. The number of hydrogen-bond donors (Lipinski definition) is 5. The SMILES string of the molecule is CN.CNC(=O)c1cccc(C2CN(Cc3cccc(C)c3)c3ccccc3N2C[C@@H](O)C(F)(F)F)c1.Cc1cccc(CN2CC(c3cccc(C(=O)O)c3)N(C[C@@H](O)C(F)(F)F)c3ccccc32)c1. The fourth-order valence-electron chi connectivity index (χ4n) is 8.97. The molecule has 0 saturated carbocycles. The van der Waals surface area contributed by atoms with Crippen molar-refractivity contribution in [2.45, 2.75) is 63.6 Å². The predicted octanol–water partition coefficient (Wildman–Crippen LogP) is 9.60.